The van der Waals surface area contributed by atoms with E-state index in [1.165, 1.54) is 7.11 Å². The van der Waals surface area contributed by atoms with Crippen LogP contribution in [0.2, 0.25) is 0 Å². The van der Waals surface area contributed by atoms with E-state index in [0.717, 1.165) is 12.8 Å². The predicted molar refractivity (Wildman–Crippen MR) is 128 cm³/mol. The second kappa shape index (κ2) is 11.7. The van der Waals surface area contributed by atoms with Crippen molar-refractivity contribution < 1.29 is 28.6 Å². The monoisotopic (exact) mass is 475 g/mol. The molecular weight excluding hydrogens is 438 g/mol. The lowest BCUT2D eigenvalue weighted by atomic mass is 10.0. The fraction of sp³-hybridized carbons (Fsp3) is 0.640. The number of carbonyl (C=O) groups is 3. The number of anilines is 1. The van der Waals surface area contributed by atoms with Crippen molar-refractivity contribution in [3.05, 3.63) is 23.8 Å². The molecule has 1 aromatic carbocycles. The molecule has 1 aliphatic carbocycles. The predicted octanol–water partition coefficient (Wildman–Crippen LogP) is 2.40. The Morgan fingerprint density at radius 1 is 1.18 bits per heavy atom. The average Bonchev–Trinajstić information content (AvgIpc) is 3.62. The zero-order valence-electron chi connectivity index (χ0n) is 20.8. The molecule has 0 aromatic heterocycles. The van der Waals surface area contributed by atoms with Gasteiger partial charge in [-0.2, -0.15) is 0 Å². The lowest BCUT2D eigenvalue weighted by Gasteiger charge is -2.36. The number of likely N-dealkylation sites (N-methyl/N-ethyl adjacent to an activating group) is 1. The van der Waals surface area contributed by atoms with E-state index in [0.29, 0.717) is 42.4 Å². The molecule has 3 atom stereocenters. The van der Waals surface area contributed by atoms with Gasteiger partial charge in [0.15, 0.2) is 0 Å². The van der Waals surface area contributed by atoms with Crippen LogP contribution < -0.4 is 10.1 Å². The minimum Gasteiger partial charge on any atom is -0.491 e. The lowest BCUT2D eigenvalue weighted by molar-refractivity contribution is -0.135. The first-order valence-electron chi connectivity index (χ1n) is 11.9. The fourth-order valence-corrected chi connectivity index (χ4v) is 4.22. The molecule has 2 aliphatic rings. The van der Waals surface area contributed by atoms with Crippen molar-refractivity contribution in [1.29, 1.82) is 0 Å². The van der Waals surface area contributed by atoms with E-state index in [4.69, 9.17) is 14.2 Å². The van der Waals surface area contributed by atoms with Crippen LogP contribution in [-0.2, 0) is 19.1 Å². The number of nitrogens with zero attached hydrogens (tertiary/aromatic N) is 2. The van der Waals surface area contributed by atoms with Crippen molar-refractivity contribution >= 4 is 23.4 Å². The van der Waals surface area contributed by atoms with Crippen LogP contribution in [0.5, 0.6) is 5.75 Å². The number of amides is 3. The number of carbonyl (C=O) groups excluding carboxylic acids is 3. The van der Waals surface area contributed by atoms with Gasteiger partial charge in [-0.25, -0.2) is 0 Å². The highest BCUT2D eigenvalue weighted by Crippen LogP contribution is 2.33. The largest absolute Gasteiger partial charge is 0.491 e. The molecule has 0 saturated heterocycles. The third kappa shape index (κ3) is 6.70. The molecule has 0 radical (unpaired) electrons. The van der Waals surface area contributed by atoms with Gasteiger partial charge in [-0.3, -0.25) is 14.4 Å². The molecule has 188 valence electrons. The van der Waals surface area contributed by atoms with Crippen LogP contribution in [0, 0.1) is 11.8 Å². The molecule has 3 rings (SSSR count). The zero-order valence-corrected chi connectivity index (χ0v) is 20.8. The van der Waals surface area contributed by atoms with Crippen molar-refractivity contribution in [2.45, 2.75) is 45.3 Å². The Morgan fingerprint density at radius 3 is 2.56 bits per heavy atom. The number of ether oxygens (including phenoxy) is 3. The van der Waals surface area contributed by atoms with Gasteiger partial charge in [0, 0.05) is 52.4 Å². The van der Waals surface area contributed by atoms with Crippen molar-refractivity contribution in [3.8, 4) is 5.75 Å². The number of nitrogens with one attached hydrogen (secondary N) is 1. The number of methoxy groups -OCH3 is 2. The van der Waals surface area contributed by atoms with Crippen molar-refractivity contribution in [3.63, 3.8) is 0 Å². The molecule has 3 amide bonds. The number of rotatable bonds is 6. The molecule has 0 unspecified atom stereocenters. The molecule has 1 aromatic rings. The number of hydrogen-bond donors (Lipinski definition) is 1. The summed E-state index contributed by atoms with van der Waals surface area (Å²) in [5.74, 6) is 0.506. The van der Waals surface area contributed by atoms with Crippen molar-refractivity contribution in [2.24, 2.45) is 11.8 Å². The summed E-state index contributed by atoms with van der Waals surface area (Å²) in [7, 11) is 4.79. The maximum atomic E-state index is 13.4. The minimum atomic E-state index is -0.316. The Morgan fingerprint density at radius 2 is 1.91 bits per heavy atom. The Balaban J connectivity index is 1.90. The van der Waals surface area contributed by atoms with Gasteiger partial charge >= 0.3 is 0 Å². The molecule has 34 heavy (non-hydrogen) atoms. The van der Waals surface area contributed by atoms with Crippen LogP contribution in [0.1, 0.15) is 43.5 Å². The van der Waals surface area contributed by atoms with E-state index >= 15 is 0 Å². The normalized spacial score (nSPS) is 23.9. The van der Waals surface area contributed by atoms with E-state index < -0.39 is 0 Å². The molecule has 9 nitrogen and oxygen atoms in total. The summed E-state index contributed by atoms with van der Waals surface area (Å²) >= 11 is 0. The molecule has 9 heteroatoms. The second-order valence-electron chi connectivity index (χ2n) is 9.48. The van der Waals surface area contributed by atoms with Crippen molar-refractivity contribution in [1.82, 2.24) is 9.80 Å². The quantitative estimate of drug-likeness (QED) is 0.679. The van der Waals surface area contributed by atoms with Gasteiger partial charge in [0.05, 0.1) is 17.7 Å². The smallest absolute Gasteiger partial charge is 0.257 e. The summed E-state index contributed by atoms with van der Waals surface area (Å²) in [5.41, 5.74) is 0.813. The average molecular weight is 476 g/mol. The van der Waals surface area contributed by atoms with Crippen LogP contribution in [-0.4, -0.2) is 87.2 Å². The molecule has 0 spiro atoms. The van der Waals surface area contributed by atoms with Crippen LogP contribution >= 0.6 is 0 Å². The number of benzene rings is 1. The first-order valence-corrected chi connectivity index (χ1v) is 11.9. The van der Waals surface area contributed by atoms with E-state index in [2.05, 4.69) is 5.32 Å². The summed E-state index contributed by atoms with van der Waals surface area (Å²) in [6, 6.07) is 4.80. The fourth-order valence-electron chi connectivity index (χ4n) is 4.22. The number of hydrogen-bond acceptors (Lipinski definition) is 6. The van der Waals surface area contributed by atoms with Gasteiger partial charge in [0.1, 0.15) is 19.0 Å². The number of fused-ring (bicyclic) bond motifs is 1. The SMILES string of the molecule is COCC(=O)Nc1ccc2c(c1)C(=O)N(C)C[C@H](OC)[C@@H](C)CN(C(=O)CC1CC1)[C@H](C)CO2. The Labute approximate surface area is 201 Å². The van der Waals surface area contributed by atoms with Crippen LogP contribution in [0.15, 0.2) is 18.2 Å². The highest BCUT2D eigenvalue weighted by atomic mass is 16.5. The van der Waals surface area contributed by atoms with E-state index in [1.54, 1.807) is 37.3 Å². The highest BCUT2D eigenvalue weighted by Gasteiger charge is 2.33. The maximum absolute atomic E-state index is 13.4. The summed E-state index contributed by atoms with van der Waals surface area (Å²) in [5, 5.41) is 2.73. The standard InChI is InChI=1S/C25H37N3O6/c1-16-12-28(24(30)10-18-6-7-18)17(2)14-34-21-9-8-19(26-23(29)15-32-4)11-20(21)25(31)27(3)13-22(16)33-5/h8-9,11,16-18,22H,6-7,10,12-15H2,1-5H3,(H,26,29)/t16-,17+,22-/m0/s1. The van der Waals surface area contributed by atoms with Gasteiger partial charge in [-0.1, -0.05) is 6.92 Å². The zero-order chi connectivity index (χ0) is 24.8. The van der Waals surface area contributed by atoms with Crippen LogP contribution in [0.4, 0.5) is 5.69 Å². The van der Waals surface area contributed by atoms with E-state index in [9.17, 15) is 14.4 Å². The van der Waals surface area contributed by atoms with E-state index in [-0.39, 0.29) is 49.0 Å². The summed E-state index contributed by atoms with van der Waals surface area (Å²) in [4.78, 5) is 41.9. The summed E-state index contributed by atoms with van der Waals surface area (Å²) in [6.07, 6.45) is 2.55. The molecule has 1 N–H and O–H groups in total. The molecule has 0 bridgehead atoms. The van der Waals surface area contributed by atoms with Gasteiger partial charge in [0.25, 0.3) is 5.91 Å². The molecule has 1 saturated carbocycles. The second-order valence-corrected chi connectivity index (χ2v) is 9.48. The maximum Gasteiger partial charge on any atom is 0.257 e. The third-order valence-electron chi connectivity index (χ3n) is 6.48. The van der Waals surface area contributed by atoms with E-state index in [1.807, 2.05) is 18.7 Å². The van der Waals surface area contributed by atoms with Crippen LogP contribution in [0.3, 0.4) is 0 Å². The van der Waals surface area contributed by atoms with Crippen molar-refractivity contribution in [2.75, 3.05) is 52.9 Å². The van der Waals surface area contributed by atoms with Crippen LogP contribution in [0.25, 0.3) is 0 Å². The molecule has 1 fully saturated rings. The Hall–Kier alpha value is -2.65. The Kier molecular flexibility index (Phi) is 8.90. The van der Waals surface area contributed by atoms with Gasteiger partial charge in [-0.15, -0.1) is 0 Å². The molecular formula is C25H37N3O6. The third-order valence-corrected chi connectivity index (χ3v) is 6.48. The van der Waals surface area contributed by atoms with Gasteiger partial charge in [-0.05, 0) is 43.9 Å². The first kappa shape index (κ1) is 26.0. The topological polar surface area (TPSA) is 97.4 Å². The van der Waals surface area contributed by atoms with Gasteiger partial charge in [0.2, 0.25) is 11.8 Å². The van der Waals surface area contributed by atoms with Gasteiger partial charge < -0.3 is 29.3 Å². The minimum absolute atomic E-state index is 0.0180. The molecule has 1 aliphatic heterocycles. The molecule has 1 heterocycles. The summed E-state index contributed by atoms with van der Waals surface area (Å²) < 4.78 is 16.7. The summed E-state index contributed by atoms with van der Waals surface area (Å²) in [6.45, 7) is 5.07. The highest BCUT2D eigenvalue weighted by molar-refractivity contribution is 5.99. The lowest BCUT2D eigenvalue weighted by Crippen LogP contribution is -2.48. The Bertz CT molecular complexity index is 887. The first-order chi connectivity index (χ1) is 16.2.